The van der Waals surface area contributed by atoms with E-state index in [4.69, 9.17) is 0 Å². The number of nitrogens with zero attached hydrogens (tertiary/aromatic N) is 1. The molecule has 0 saturated carbocycles. The Labute approximate surface area is 117 Å². The predicted octanol–water partition coefficient (Wildman–Crippen LogP) is 4.22. The summed E-state index contributed by atoms with van der Waals surface area (Å²) in [6, 6.07) is 2.55. The first kappa shape index (κ1) is 13.7. The van der Waals surface area contributed by atoms with Crippen molar-refractivity contribution in [3.63, 3.8) is 0 Å². The number of aromatic nitrogens is 1. The number of thiophene rings is 1. The molecule has 1 unspecified atom stereocenters. The second-order valence-electron chi connectivity index (χ2n) is 4.58. The SMILES string of the molecule is CCCNC(c1nc(C)cs1)c1cc(C)sc1C. The van der Waals surface area contributed by atoms with Crippen LogP contribution in [0, 0.1) is 20.8 Å². The van der Waals surface area contributed by atoms with Crippen molar-refractivity contribution in [3.8, 4) is 0 Å². The maximum Gasteiger partial charge on any atom is 0.114 e. The van der Waals surface area contributed by atoms with Gasteiger partial charge in [0.05, 0.1) is 6.04 Å². The molecule has 2 rings (SSSR count). The van der Waals surface area contributed by atoms with Crippen LogP contribution in [0.5, 0.6) is 0 Å². The summed E-state index contributed by atoms with van der Waals surface area (Å²) in [7, 11) is 0. The molecule has 2 aromatic rings. The molecule has 0 aliphatic heterocycles. The number of rotatable bonds is 5. The largest absolute Gasteiger partial charge is 0.304 e. The number of thiazole rings is 1. The Morgan fingerprint density at radius 1 is 1.33 bits per heavy atom. The van der Waals surface area contributed by atoms with Crippen LogP contribution in [0.25, 0.3) is 0 Å². The third kappa shape index (κ3) is 2.99. The summed E-state index contributed by atoms with van der Waals surface area (Å²) in [6.45, 7) is 9.66. The van der Waals surface area contributed by atoms with Gasteiger partial charge in [0.15, 0.2) is 0 Å². The van der Waals surface area contributed by atoms with Gasteiger partial charge in [-0.15, -0.1) is 22.7 Å². The van der Waals surface area contributed by atoms with E-state index in [0.717, 1.165) is 18.7 Å². The highest BCUT2D eigenvalue weighted by Gasteiger charge is 2.20. The molecule has 0 bridgehead atoms. The van der Waals surface area contributed by atoms with Crippen molar-refractivity contribution in [1.82, 2.24) is 10.3 Å². The topological polar surface area (TPSA) is 24.9 Å². The summed E-state index contributed by atoms with van der Waals surface area (Å²) < 4.78 is 0. The molecule has 2 aromatic heterocycles. The van der Waals surface area contributed by atoms with Crippen LogP contribution in [-0.4, -0.2) is 11.5 Å². The van der Waals surface area contributed by atoms with Gasteiger partial charge in [0.2, 0.25) is 0 Å². The molecule has 0 aromatic carbocycles. The molecule has 0 saturated heterocycles. The van der Waals surface area contributed by atoms with Crippen LogP contribution in [0.1, 0.15) is 45.4 Å². The second kappa shape index (κ2) is 5.95. The van der Waals surface area contributed by atoms with E-state index in [-0.39, 0.29) is 6.04 Å². The van der Waals surface area contributed by atoms with Gasteiger partial charge in [-0.1, -0.05) is 6.92 Å². The van der Waals surface area contributed by atoms with Crippen LogP contribution in [-0.2, 0) is 0 Å². The fraction of sp³-hybridized carbons (Fsp3) is 0.500. The Bertz CT molecular complexity index is 514. The van der Waals surface area contributed by atoms with Crippen molar-refractivity contribution >= 4 is 22.7 Å². The lowest BCUT2D eigenvalue weighted by Crippen LogP contribution is -2.23. The quantitative estimate of drug-likeness (QED) is 0.887. The van der Waals surface area contributed by atoms with Crippen LogP contribution < -0.4 is 5.32 Å². The van der Waals surface area contributed by atoms with Gasteiger partial charge in [0.25, 0.3) is 0 Å². The van der Waals surface area contributed by atoms with Crippen molar-refractivity contribution in [1.29, 1.82) is 0 Å². The second-order valence-corrected chi connectivity index (χ2v) is 6.93. The lowest BCUT2D eigenvalue weighted by atomic mass is 10.1. The number of hydrogen-bond donors (Lipinski definition) is 1. The van der Waals surface area contributed by atoms with Crippen molar-refractivity contribution in [2.45, 2.75) is 40.2 Å². The van der Waals surface area contributed by atoms with Gasteiger partial charge in [-0.05, 0) is 45.4 Å². The van der Waals surface area contributed by atoms with Crippen LogP contribution in [0.3, 0.4) is 0 Å². The van der Waals surface area contributed by atoms with Crippen LogP contribution >= 0.6 is 22.7 Å². The Hall–Kier alpha value is -0.710. The summed E-state index contributed by atoms with van der Waals surface area (Å²) in [5.41, 5.74) is 2.50. The lowest BCUT2D eigenvalue weighted by molar-refractivity contribution is 0.594. The highest BCUT2D eigenvalue weighted by Crippen LogP contribution is 2.32. The zero-order valence-electron chi connectivity index (χ0n) is 11.4. The fourth-order valence-corrected chi connectivity index (χ4v) is 3.91. The molecule has 18 heavy (non-hydrogen) atoms. The molecule has 2 heterocycles. The standard InChI is InChI=1S/C14H20N2S2/c1-5-6-15-13(14-16-9(2)8-17-14)12-7-10(3)18-11(12)4/h7-8,13,15H,5-6H2,1-4H3. The van der Waals surface area contributed by atoms with Crippen molar-refractivity contribution in [2.24, 2.45) is 0 Å². The van der Waals surface area contributed by atoms with E-state index in [2.05, 4.69) is 49.4 Å². The van der Waals surface area contributed by atoms with Gasteiger partial charge in [-0.3, -0.25) is 0 Å². The third-order valence-corrected chi connectivity index (χ3v) is 4.88. The van der Waals surface area contributed by atoms with E-state index >= 15 is 0 Å². The zero-order valence-corrected chi connectivity index (χ0v) is 13.0. The average Bonchev–Trinajstić information content (AvgIpc) is 2.87. The predicted molar refractivity (Wildman–Crippen MR) is 80.8 cm³/mol. The minimum Gasteiger partial charge on any atom is -0.304 e. The molecule has 1 atom stereocenters. The van der Waals surface area contributed by atoms with E-state index in [0.29, 0.717) is 0 Å². The molecule has 0 amide bonds. The Kier molecular flexibility index (Phi) is 4.54. The number of aryl methyl sites for hydroxylation is 3. The molecule has 0 fully saturated rings. The van der Waals surface area contributed by atoms with E-state index in [1.807, 2.05) is 11.3 Å². The summed E-state index contributed by atoms with van der Waals surface area (Å²) in [6.07, 6.45) is 1.14. The third-order valence-electron chi connectivity index (χ3n) is 2.87. The average molecular weight is 280 g/mol. The fourth-order valence-electron chi connectivity index (χ4n) is 2.06. The first-order valence-corrected chi connectivity index (χ1v) is 8.03. The molecule has 2 nitrogen and oxygen atoms in total. The Morgan fingerprint density at radius 3 is 2.61 bits per heavy atom. The van der Waals surface area contributed by atoms with Crippen molar-refractivity contribution in [3.05, 3.63) is 37.5 Å². The van der Waals surface area contributed by atoms with E-state index < -0.39 is 0 Å². The zero-order chi connectivity index (χ0) is 13.1. The van der Waals surface area contributed by atoms with Gasteiger partial charge >= 0.3 is 0 Å². The van der Waals surface area contributed by atoms with Gasteiger partial charge in [0.1, 0.15) is 5.01 Å². The maximum atomic E-state index is 4.65. The van der Waals surface area contributed by atoms with Gasteiger partial charge in [0, 0.05) is 20.8 Å². The highest BCUT2D eigenvalue weighted by atomic mass is 32.1. The maximum absolute atomic E-state index is 4.65. The molecule has 0 radical (unpaired) electrons. The molecule has 98 valence electrons. The molecule has 0 spiro atoms. The molecule has 1 N–H and O–H groups in total. The van der Waals surface area contributed by atoms with Crippen molar-refractivity contribution < 1.29 is 0 Å². The smallest absolute Gasteiger partial charge is 0.114 e. The molecule has 0 aliphatic carbocycles. The normalized spacial score (nSPS) is 12.9. The molecule has 0 aliphatic rings. The first-order valence-electron chi connectivity index (χ1n) is 6.34. The van der Waals surface area contributed by atoms with Crippen LogP contribution in [0.15, 0.2) is 11.4 Å². The van der Waals surface area contributed by atoms with E-state index in [9.17, 15) is 0 Å². The molecular weight excluding hydrogens is 260 g/mol. The number of nitrogens with one attached hydrogen (secondary N) is 1. The summed E-state index contributed by atoms with van der Waals surface area (Å²) in [4.78, 5) is 7.42. The van der Waals surface area contributed by atoms with Crippen molar-refractivity contribution in [2.75, 3.05) is 6.54 Å². The van der Waals surface area contributed by atoms with Crippen LogP contribution in [0.2, 0.25) is 0 Å². The first-order chi connectivity index (χ1) is 8.61. The molecular formula is C14H20N2S2. The summed E-state index contributed by atoms with van der Waals surface area (Å²) in [5, 5.41) is 6.94. The van der Waals surface area contributed by atoms with E-state index in [1.165, 1.54) is 20.3 Å². The van der Waals surface area contributed by atoms with Crippen LogP contribution in [0.4, 0.5) is 0 Å². The minimum atomic E-state index is 0.258. The summed E-state index contributed by atoms with van der Waals surface area (Å²) >= 11 is 3.62. The Morgan fingerprint density at radius 2 is 2.11 bits per heavy atom. The lowest BCUT2D eigenvalue weighted by Gasteiger charge is -2.16. The number of hydrogen-bond acceptors (Lipinski definition) is 4. The summed E-state index contributed by atoms with van der Waals surface area (Å²) in [5.74, 6) is 0. The minimum absolute atomic E-state index is 0.258. The van der Waals surface area contributed by atoms with E-state index in [1.54, 1.807) is 11.3 Å². The van der Waals surface area contributed by atoms with Gasteiger partial charge < -0.3 is 5.32 Å². The van der Waals surface area contributed by atoms with Gasteiger partial charge in [-0.25, -0.2) is 4.98 Å². The highest BCUT2D eigenvalue weighted by molar-refractivity contribution is 7.12. The van der Waals surface area contributed by atoms with Gasteiger partial charge in [-0.2, -0.15) is 0 Å². The monoisotopic (exact) mass is 280 g/mol. The molecule has 4 heteroatoms. The Balaban J connectivity index is 2.33.